The zero-order valence-electron chi connectivity index (χ0n) is 7.76. The predicted molar refractivity (Wildman–Crippen MR) is 48.1 cm³/mol. The van der Waals surface area contributed by atoms with Gasteiger partial charge in [0.05, 0.1) is 5.71 Å². The summed E-state index contributed by atoms with van der Waals surface area (Å²) in [5.74, 6) is 0.293. The van der Waals surface area contributed by atoms with Crippen LogP contribution in [0, 0.1) is 5.92 Å². The van der Waals surface area contributed by atoms with Crippen molar-refractivity contribution in [3.8, 4) is 0 Å². The van der Waals surface area contributed by atoms with E-state index in [2.05, 4.69) is 12.1 Å². The second-order valence-electron chi connectivity index (χ2n) is 3.02. The summed E-state index contributed by atoms with van der Waals surface area (Å²) >= 11 is 0. The average molecular weight is 155 g/mol. The van der Waals surface area contributed by atoms with Crippen LogP contribution in [0.5, 0.6) is 0 Å². The van der Waals surface area contributed by atoms with Gasteiger partial charge in [0.25, 0.3) is 0 Å². The van der Waals surface area contributed by atoms with Crippen LogP contribution in [-0.4, -0.2) is 10.9 Å². The minimum atomic E-state index is 0.293. The van der Waals surface area contributed by atoms with Crippen LogP contribution < -0.4 is 0 Å². The molecule has 11 heavy (non-hydrogen) atoms. The first-order valence-electron chi connectivity index (χ1n) is 4.00. The monoisotopic (exact) mass is 155 g/mol. The fraction of sp³-hybridized carbons (Fsp3) is 0.667. The zero-order chi connectivity index (χ0) is 8.85. The standard InChI is InChI=1S/C9H17NO/c1-5-8(4)6-9(10-11)7(2)3/h6-7,11H,5H2,1-4H3/b8-6+,10-9+. The molecule has 1 N–H and O–H groups in total. The minimum absolute atomic E-state index is 0.293. The summed E-state index contributed by atoms with van der Waals surface area (Å²) in [6.07, 6.45) is 2.94. The molecule has 0 aliphatic heterocycles. The first kappa shape index (κ1) is 10.2. The number of nitrogens with zero attached hydrogens (tertiary/aromatic N) is 1. The van der Waals surface area contributed by atoms with Crippen molar-refractivity contribution < 1.29 is 5.21 Å². The van der Waals surface area contributed by atoms with Gasteiger partial charge < -0.3 is 5.21 Å². The van der Waals surface area contributed by atoms with E-state index in [1.807, 2.05) is 26.8 Å². The summed E-state index contributed by atoms with van der Waals surface area (Å²) in [5, 5.41) is 11.8. The van der Waals surface area contributed by atoms with Crippen molar-refractivity contribution in [2.75, 3.05) is 0 Å². The van der Waals surface area contributed by atoms with Crippen LogP contribution in [0.1, 0.15) is 34.1 Å². The first-order chi connectivity index (χ1) is 5.11. The van der Waals surface area contributed by atoms with Crippen molar-refractivity contribution in [2.24, 2.45) is 11.1 Å². The normalized spacial score (nSPS) is 14.3. The Bertz CT molecular complexity index is 168. The second kappa shape index (κ2) is 4.94. The van der Waals surface area contributed by atoms with Crippen molar-refractivity contribution in [3.63, 3.8) is 0 Å². The summed E-state index contributed by atoms with van der Waals surface area (Å²) in [4.78, 5) is 0. The van der Waals surface area contributed by atoms with Gasteiger partial charge in [-0.25, -0.2) is 0 Å². The molecule has 0 fully saturated rings. The third kappa shape index (κ3) is 3.81. The van der Waals surface area contributed by atoms with Gasteiger partial charge in [0.1, 0.15) is 0 Å². The maximum Gasteiger partial charge on any atom is 0.0820 e. The molecular weight excluding hydrogens is 138 g/mol. The highest BCUT2D eigenvalue weighted by molar-refractivity contribution is 5.96. The molecule has 0 amide bonds. The lowest BCUT2D eigenvalue weighted by atomic mass is 10.1. The SMILES string of the molecule is CC/C(C)=C/C(=N\O)C(C)C. The van der Waals surface area contributed by atoms with Gasteiger partial charge in [0, 0.05) is 0 Å². The number of oxime groups is 1. The summed E-state index contributed by atoms with van der Waals surface area (Å²) in [7, 11) is 0. The molecule has 0 saturated heterocycles. The van der Waals surface area contributed by atoms with E-state index in [0.29, 0.717) is 5.92 Å². The topological polar surface area (TPSA) is 32.6 Å². The molecule has 0 spiro atoms. The Labute approximate surface area is 68.6 Å². The van der Waals surface area contributed by atoms with Crippen LogP contribution >= 0.6 is 0 Å². The van der Waals surface area contributed by atoms with Crippen LogP contribution in [0.4, 0.5) is 0 Å². The van der Waals surface area contributed by atoms with Crippen molar-refractivity contribution in [2.45, 2.75) is 34.1 Å². The van der Waals surface area contributed by atoms with E-state index in [-0.39, 0.29) is 0 Å². The molecule has 2 nitrogen and oxygen atoms in total. The Morgan fingerprint density at radius 1 is 1.55 bits per heavy atom. The van der Waals surface area contributed by atoms with E-state index in [9.17, 15) is 0 Å². The van der Waals surface area contributed by atoms with Gasteiger partial charge in [0.2, 0.25) is 0 Å². The predicted octanol–water partition coefficient (Wildman–Crippen LogP) is 2.83. The van der Waals surface area contributed by atoms with E-state index in [4.69, 9.17) is 5.21 Å². The maximum atomic E-state index is 8.58. The molecule has 0 rings (SSSR count). The molecule has 0 aliphatic rings. The van der Waals surface area contributed by atoms with Crippen LogP contribution in [0.3, 0.4) is 0 Å². The lowest BCUT2D eigenvalue weighted by Crippen LogP contribution is -2.04. The van der Waals surface area contributed by atoms with Gasteiger partial charge in [-0.3, -0.25) is 0 Å². The molecule has 0 radical (unpaired) electrons. The van der Waals surface area contributed by atoms with Crippen LogP contribution in [0.2, 0.25) is 0 Å². The fourth-order valence-electron chi connectivity index (χ4n) is 0.666. The summed E-state index contributed by atoms with van der Waals surface area (Å²) < 4.78 is 0. The number of hydrogen-bond acceptors (Lipinski definition) is 2. The Kier molecular flexibility index (Phi) is 4.59. The molecule has 0 atom stereocenters. The lowest BCUT2D eigenvalue weighted by molar-refractivity contribution is 0.316. The molecule has 0 aliphatic carbocycles. The highest BCUT2D eigenvalue weighted by Gasteiger charge is 2.01. The molecule has 0 saturated carbocycles. The van der Waals surface area contributed by atoms with Gasteiger partial charge in [0.15, 0.2) is 0 Å². The Morgan fingerprint density at radius 3 is 2.36 bits per heavy atom. The molecular formula is C9H17NO. The van der Waals surface area contributed by atoms with E-state index in [0.717, 1.165) is 12.1 Å². The molecule has 0 bridgehead atoms. The van der Waals surface area contributed by atoms with Gasteiger partial charge in [-0.2, -0.15) is 0 Å². The molecule has 0 aromatic heterocycles. The Hall–Kier alpha value is -0.790. The highest BCUT2D eigenvalue weighted by Crippen LogP contribution is 2.04. The largest absolute Gasteiger partial charge is 0.411 e. The number of hydrogen-bond donors (Lipinski definition) is 1. The lowest BCUT2D eigenvalue weighted by Gasteiger charge is -2.03. The number of allylic oxidation sites excluding steroid dienone is 2. The van der Waals surface area contributed by atoms with Crippen molar-refractivity contribution in [1.29, 1.82) is 0 Å². The van der Waals surface area contributed by atoms with Crippen molar-refractivity contribution in [1.82, 2.24) is 0 Å². The average Bonchev–Trinajstić information content (AvgIpc) is 1.99. The Balaban J connectivity index is 4.32. The van der Waals surface area contributed by atoms with Gasteiger partial charge in [-0.05, 0) is 25.3 Å². The van der Waals surface area contributed by atoms with Crippen LogP contribution in [-0.2, 0) is 0 Å². The maximum absolute atomic E-state index is 8.58. The molecule has 0 unspecified atom stereocenters. The van der Waals surface area contributed by atoms with E-state index < -0.39 is 0 Å². The molecule has 0 heterocycles. The van der Waals surface area contributed by atoms with Gasteiger partial charge >= 0.3 is 0 Å². The molecule has 64 valence electrons. The van der Waals surface area contributed by atoms with Crippen molar-refractivity contribution in [3.05, 3.63) is 11.6 Å². The van der Waals surface area contributed by atoms with Gasteiger partial charge in [-0.1, -0.05) is 31.5 Å². The zero-order valence-corrected chi connectivity index (χ0v) is 7.76. The molecule has 0 aromatic rings. The van der Waals surface area contributed by atoms with Crippen LogP contribution in [0.25, 0.3) is 0 Å². The third-order valence-corrected chi connectivity index (χ3v) is 1.66. The smallest absolute Gasteiger partial charge is 0.0820 e. The second-order valence-corrected chi connectivity index (χ2v) is 3.02. The van der Waals surface area contributed by atoms with Crippen LogP contribution in [0.15, 0.2) is 16.8 Å². The summed E-state index contributed by atoms with van der Waals surface area (Å²) in [6, 6.07) is 0. The quantitative estimate of drug-likeness (QED) is 0.379. The van der Waals surface area contributed by atoms with E-state index >= 15 is 0 Å². The fourth-order valence-corrected chi connectivity index (χ4v) is 0.666. The molecule has 2 heteroatoms. The van der Waals surface area contributed by atoms with E-state index in [1.54, 1.807) is 0 Å². The van der Waals surface area contributed by atoms with E-state index in [1.165, 1.54) is 5.57 Å². The third-order valence-electron chi connectivity index (χ3n) is 1.66. The molecule has 0 aromatic carbocycles. The van der Waals surface area contributed by atoms with Crippen molar-refractivity contribution >= 4 is 5.71 Å². The van der Waals surface area contributed by atoms with Gasteiger partial charge in [-0.15, -0.1) is 0 Å². The Morgan fingerprint density at radius 2 is 2.09 bits per heavy atom. The highest BCUT2D eigenvalue weighted by atomic mass is 16.4. The number of rotatable bonds is 3. The summed E-state index contributed by atoms with van der Waals surface area (Å²) in [6.45, 7) is 8.14. The summed E-state index contributed by atoms with van der Waals surface area (Å²) in [5.41, 5.74) is 2.00. The first-order valence-corrected chi connectivity index (χ1v) is 4.00. The minimum Gasteiger partial charge on any atom is -0.411 e.